The predicted octanol–water partition coefficient (Wildman–Crippen LogP) is 8.64. The maximum Gasteiger partial charge on any atom is 0.317 e. The Morgan fingerprint density at radius 2 is 1.71 bits per heavy atom. The maximum atomic E-state index is 11.6. The lowest BCUT2D eigenvalue weighted by atomic mass is 9.90. The van der Waals surface area contributed by atoms with Crippen LogP contribution >= 0.6 is 11.3 Å². The molecule has 2 N–H and O–H groups in total. The zero-order valence-corrected chi connectivity index (χ0v) is 25.2. The van der Waals surface area contributed by atoms with Gasteiger partial charge in [-0.05, 0) is 82.8 Å². The van der Waals surface area contributed by atoms with Crippen molar-refractivity contribution in [2.75, 3.05) is 6.54 Å². The van der Waals surface area contributed by atoms with Crippen LogP contribution in [0.1, 0.15) is 67.1 Å². The van der Waals surface area contributed by atoms with Gasteiger partial charge in [0.1, 0.15) is 12.4 Å². The minimum Gasteiger partial charge on any atom is -0.489 e. The monoisotopic (exact) mass is 581 g/mol. The quantitative estimate of drug-likeness (QED) is 0.129. The molecule has 0 aliphatic carbocycles. The molecule has 0 aliphatic heterocycles. The molecule has 0 amide bonds. The number of carbonyl (C=O) groups is 1. The van der Waals surface area contributed by atoms with Crippen LogP contribution in [0.15, 0.2) is 84.4 Å². The molecular formula is C35H39N3O3S. The molecule has 0 atom stereocenters. The van der Waals surface area contributed by atoms with Crippen LogP contribution in [0.4, 0.5) is 0 Å². The molecule has 5 rings (SSSR count). The summed E-state index contributed by atoms with van der Waals surface area (Å²) in [6, 6.07) is 25.1. The number of hydrogen-bond acceptors (Lipinski definition) is 5. The first-order chi connectivity index (χ1) is 20.5. The number of nitrogens with zero attached hydrogens (tertiary/aromatic N) is 2. The molecule has 0 saturated heterocycles. The van der Waals surface area contributed by atoms with Gasteiger partial charge in [0.15, 0.2) is 0 Å². The predicted molar refractivity (Wildman–Crippen MR) is 171 cm³/mol. The van der Waals surface area contributed by atoms with Crippen molar-refractivity contribution in [3.63, 3.8) is 0 Å². The largest absolute Gasteiger partial charge is 0.489 e. The van der Waals surface area contributed by atoms with Gasteiger partial charge in [-0.25, -0.2) is 4.98 Å². The molecule has 0 radical (unpaired) electrons. The summed E-state index contributed by atoms with van der Waals surface area (Å²) in [6.45, 7) is 6.00. The number of aromatic nitrogens is 2. The Labute approximate surface area is 252 Å². The third kappa shape index (κ3) is 7.87. The summed E-state index contributed by atoms with van der Waals surface area (Å²) in [7, 11) is 0. The smallest absolute Gasteiger partial charge is 0.317 e. The highest BCUT2D eigenvalue weighted by Crippen LogP contribution is 2.29. The summed E-state index contributed by atoms with van der Waals surface area (Å²) >= 11 is 1.65. The second-order valence-corrected chi connectivity index (χ2v) is 11.9. The Bertz CT molecular complexity index is 1570. The van der Waals surface area contributed by atoms with Crippen molar-refractivity contribution >= 4 is 28.3 Å². The average molecular weight is 582 g/mol. The number of carboxylic acid groups (broad SMARTS) is 1. The number of rotatable bonds is 15. The third-order valence-corrected chi connectivity index (χ3v) is 8.48. The molecule has 0 fully saturated rings. The molecule has 5 aromatic rings. The number of pyridine rings is 1. The van der Waals surface area contributed by atoms with Crippen molar-refractivity contribution in [3.05, 3.63) is 106 Å². The van der Waals surface area contributed by atoms with Crippen LogP contribution in [0.25, 0.3) is 22.2 Å². The summed E-state index contributed by atoms with van der Waals surface area (Å²) in [5.74, 6) is 0.683. The molecule has 6 nitrogen and oxygen atoms in total. The SMILES string of the molecule is CCCC(CCC)c1ccc(OCc2ccc(-c3csc(CN(CC(=O)O)Cc4ccc5[nH]ccc5n4)c3)cc2)cc1. The summed E-state index contributed by atoms with van der Waals surface area (Å²) in [5.41, 5.74) is 7.50. The Balaban J connectivity index is 1.17. The number of thiophene rings is 1. The molecule has 0 bridgehead atoms. The summed E-state index contributed by atoms with van der Waals surface area (Å²) in [5, 5.41) is 11.6. The first-order valence-electron chi connectivity index (χ1n) is 14.8. The molecule has 0 aliphatic rings. The van der Waals surface area contributed by atoms with Gasteiger partial charge in [-0.3, -0.25) is 9.69 Å². The van der Waals surface area contributed by atoms with Gasteiger partial charge in [-0.2, -0.15) is 0 Å². The van der Waals surface area contributed by atoms with Crippen molar-refractivity contribution in [1.29, 1.82) is 0 Å². The molecular weight excluding hydrogens is 542 g/mol. The second kappa shape index (κ2) is 14.3. The van der Waals surface area contributed by atoms with E-state index in [1.165, 1.54) is 31.2 Å². The van der Waals surface area contributed by atoms with Crippen LogP contribution < -0.4 is 4.74 Å². The molecule has 0 spiro atoms. The Morgan fingerprint density at radius 3 is 2.43 bits per heavy atom. The van der Waals surface area contributed by atoms with E-state index in [1.54, 1.807) is 11.3 Å². The van der Waals surface area contributed by atoms with E-state index >= 15 is 0 Å². The molecule has 2 aromatic carbocycles. The molecule has 218 valence electrons. The standard InChI is InChI=1S/C35H39N3O3S/c1-3-5-26(6-4-2)27-11-14-31(15-12-27)41-23-25-7-9-28(10-8-25)29-19-32(42-24-29)21-38(22-35(39)40)20-30-13-16-33-34(37-30)17-18-36-33/h7-19,24,26,36H,3-6,20-23H2,1-2H3,(H,39,40). The van der Waals surface area contributed by atoms with Crippen molar-refractivity contribution < 1.29 is 14.6 Å². The first kappa shape index (κ1) is 29.5. The van der Waals surface area contributed by atoms with Gasteiger partial charge in [-0.1, -0.05) is 63.1 Å². The molecule has 7 heteroatoms. The van der Waals surface area contributed by atoms with Crippen LogP contribution in [-0.2, 0) is 24.5 Å². The Hall–Kier alpha value is -3.94. The fraction of sp³-hybridized carbons (Fsp3) is 0.314. The molecule has 0 saturated carbocycles. The molecule has 3 aromatic heterocycles. The number of aliphatic carboxylic acids is 1. The number of carboxylic acids is 1. The number of benzene rings is 2. The van der Waals surface area contributed by atoms with Crippen molar-refractivity contribution in [1.82, 2.24) is 14.9 Å². The zero-order chi connectivity index (χ0) is 29.3. The lowest BCUT2D eigenvalue weighted by molar-refractivity contribution is -0.138. The van der Waals surface area contributed by atoms with Crippen LogP contribution in [0.5, 0.6) is 5.75 Å². The topological polar surface area (TPSA) is 78.5 Å². The van der Waals surface area contributed by atoms with E-state index in [2.05, 4.69) is 83.8 Å². The Kier molecular flexibility index (Phi) is 10.1. The van der Waals surface area contributed by atoms with Gasteiger partial charge in [-0.15, -0.1) is 11.3 Å². The normalized spacial score (nSPS) is 11.5. The van der Waals surface area contributed by atoms with E-state index in [4.69, 9.17) is 4.74 Å². The third-order valence-electron chi connectivity index (χ3n) is 7.56. The summed E-state index contributed by atoms with van der Waals surface area (Å²) in [6.07, 6.45) is 6.74. The molecule has 3 heterocycles. The van der Waals surface area contributed by atoms with Crippen molar-refractivity contribution in [2.45, 2.75) is 65.1 Å². The van der Waals surface area contributed by atoms with E-state index in [0.29, 0.717) is 25.6 Å². The van der Waals surface area contributed by atoms with E-state index in [0.717, 1.165) is 44.0 Å². The minimum atomic E-state index is -0.847. The maximum absolute atomic E-state index is 11.6. The van der Waals surface area contributed by atoms with E-state index < -0.39 is 5.97 Å². The van der Waals surface area contributed by atoms with Gasteiger partial charge < -0.3 is 14.8 Å². The number of aromatic amines is 1. The minimum absolute atomic E-state index is 0.0461. The number of ether oxygens (including phenoxy) is 1. The lowest BCUT2D eigenvalue weighted by Crippen LogP contribution is -2.29. The van der Waals surface area contributed by atoms with Gasteiger partial charge in [0.25, 0.3) is 0 Å². The second-order valence-electron chi connectivity index (χ2n) is 10.9. The van der Waals surface area contributed by atoms with Gasteiger partial charge in [0.05, 0.1) is 23.3 Å². The van der Waals surface area contributed by atoms with Gasteiger partial charge in [0.2, 0.25) is 0 Å². The highest BCUT2D eigenvalue weighted by molar-refractivity contribution is 7.10. The van der Waals surface area contributed by atoms with Crippen molar-refractivity contribution in [2.24, 2.45) is 0 Å². The number of hydrogen-bond donors (Lipinski definition) is 2. The van der Waals surface area contributed by atoms with Gasteiger partial charge in [0, 0.05) is 24.2 Å². The Morgan fingerprint density at radius 1 is 0.952 bits per heavy atom. The van der Waals surface area contributed by atoms with Crippen LogP contribution in [0.3, 0.4) is 0 Å². The lowest BCUT2D eigenvalue weighted by Gasteiger charge is -2.19. The van der Waals surface area contributed by atoms with Crippen LogP contribution in [0, 0.1) is 0 Å². The molecule has 0 unspecified atom stereocenters. The zero-order valence-electron chi connectivity index (χ0n) is 24.4. The van der Waals surface area contributed by atoms with E-state index in [-0.39, 0.29) is 6.54 Å². The van der Waals surface area contributed by atoms with Crippen LogP contribution in [-0.4, -0.2) is 32.5 Å². The fourth-order valence-corrected chi connectivity index (χ4v) is 6.39. The highest BCUT2D eigenvalue weighted by atomic mass is 32.1. The summed E-state index contributed by atoms with van der Waals surface area (Å²) < 4.78 is 6.08. The average Bonchev–Trinajstić information content (AvgIpc) is 3.66. The molecule has 42 heavy (non-hydrogen) atoms. The first-order valence-corrected chi connectivity index (χ1v) is 15.6. The summed E-state index contributed by atoms with van der Waals surface area (Å²) in [4.78, 5) is 22.4. The number of fused-ring (bicyclic) bond motifs is 1. The van der Waals surface area contributed by atoms with E-state index in [9.17, 15) is 9.90 Å². The highest BCUT2D eigenvalue weighted by Gasteiger charge is 2.15. The number of nitrogens with one attached hydrogen (secondary N) is 1. The van der Waals surface area contributed by atoms with E-state index in [1.807, 2.05) is 29.3 Å². The van der Waals surface area contributed by atoms with Crippen molar-refractivity contribution in [3.8, 4) is 16.9 Å². The fourth-order valence-electron chi connectivity index (χ4n) is 5.46. The van der Waals surface area contributed by atoms with Gasteiger partial charge >= 0.3 is 5.97 Å². The number of H-pyrrole nitrogens is 1. The van der Waals surface area contributed by atoms with Crippen LogP contribution in [0.2, 0.25) is 0 Å².